The lowest BCUT2D eigenvalue weighted by Gasteiger charge is -2.27. The molecule has 104 valence electrons. The Balaban J connectivity index is 1.64. The summed E-state index contributed by atoms with van der Waals surface area (Å²) in [7, 11) is -2.84. The summed E-state index contributed by atoms with van der Waals surface area (Å²) in [5.41, 5.74) is 0. The van der Waals surface area contributed by atoms with Crippen LogP contribution in [0.4, 0.5) is 0 Å². The Morgan fingerprint density at radius 3 is 2.67 bits per heavy atom. The number of hydrogen-bond acceptors (Lipinski definition) is 5. The largest absolute Gasteiger partial charge is 0.378 e. The summed E-state index contributed by atoms with van der Waals surface area (Å²) in [6.07, 6.45) is 1.09. The molecule has 0 aromatic rings. The van der Waals surface area contributed by atoms with Crippen LogP contribution in [0.2, 0.25) is 0 Å². The molecule has 2 aliphatic heterocycles. The highest BCUT2D eigenvalue weighted by molar-refractivity contribution is 7.91. The van der Waals surface area contributed by atoms with Crippen LogP contribution in [0.3, 0.4) is 0 Å². The molecule has 2 heterocycles. The van der Waals surface area contributed by atoms with Crippen molar-refractivity contribution < 1.29 is 17.9 Å². The number of ether oxygens (including phenoxy) is 1. The highest BCUT2D eigenvalue weighted by Gasteiger charge is 2.27. The number of amides is 1. The van der Waals surface area contributed by atoms with Crippen molar-refractivity contribution in [3.05, 3.63) is 0 Å². The van der Waals surface area contributed by atoms with Gasteiger partial charge in [0, 0.05) is 32.1 Å². The molecule has 0 aromatic heterocycles. The highest BCUT2D eigenvalue weighted by atomic mass is 32.2. The summed E-state index contributed by atoms with van der Waals surface area (Å²) >= 11 is 0. The normalized spacial score (nSPS) is 27.3. The van der Waals surface area contributed by atoms with E-state index in [-0.39, 0.29) is 23.5 Å². The fourth-order valence-electron chi connectivity index (χ4n) is 2.31. The second-order valence-corrected chi connectivity index (χ2v) is 7.03. The molecule has 1 unspecified atom stereocenters. The number of nitrogens with zero attached hydrogens (tertiary/aromatic N) is 1. The van der Waals surface area contributed by atoms with E-state index in [0.717, 1.165) is 0 Å². The van der Waals surface area contributed by atoms with E-state index in [0.29, 0.717) is 45.7 Å². The van der Waals surface area contributed by atoms with Gasteiger partial charge in [0.2, 0.25) is 5.91 Å². The fraction of sp³-hybridized carbons (Fsp3) is 0.909. The molecule has 2 fully saturated rings. The average Bonchev–Trinajstić information content (AvgIpc) is 2.70. The van der Waals surface area contributed by atoms with Gasteiger partial charge >= 0.3 is 0 Å². The first-order chi connectivity index (χ1) is 8.57. The third kappa shape index (κ3) is 3.93. The second-order valence-electron chi connectivity index (χ2n) is 4.80. The van der Waals surface area contributed by atoms with Gasteiger partial charge in [0.25, 0.3) is 0 Å². The first-order valence-corrected chi connectivity index (χ1v) is 8.18. The summed E-state index contributed by atoms with van der Waals surface area (Å²) in [5.74, 6) is 0.590. The monoisotopic (exact) mass is 276 g/mol. The number of nitrogens with one attached hydrogen (secondary N) is 1. The van der Waals surface area contributed by atoms with Gasteiger partial charge in [-0.1, -0.05) is 0 Å². The Hall–Kier alpha value is -0.660. The molecular weight excluding hydrogens is 256 g/mol. The molecule has 18 heavy (non-hydrogen) atoms. The summed E-state index contributed by atoms with van der Waals surface area (Å²) < 4.78 is 27.7. The van der Waals surface area contributed by atoms with Crippen molar-refractivity contribution >= 4 is 15.7 Å². The predicted octanol–water partition coefficient (Wildman–Crippen LogP) is -0.988. The van der Waals surface area contributed by atoms with E-state index in [4.69, 9.17) is 4.74 Å². The van der Waals surface area contributed by atoms with E-state index in [9.17, 15) is 13.2 Å². The maximum Gasteiger partial charge on any atom is 0.224 e. The van der Waals surface area contributed by atoms with Crippen molar-refractivity contribution in [2.75, 3.05) is 44.4 Å². The Morgan fingerprint density at radius 2 is 2.06 bits per heavy atom. The van der Waals surface area contributed by atoms with Crippen molar-refractivity contribution in [1.29, 1.82) is 0 Å². The topological polar surface area (TPSA) is 75.7 Å². The molecule has 1 atom stereocenters. The molecule has 1 N–H and O–H groups in total. The molecule has 1 amide bonds. The lowest BCUT2D eigenvalue weighted by Crippen LogP contribution is -2.42. The van der Waals surface area contributed by atoms with Gasteiger partial charge in [-0.15, -0.1) is 0 Å². The highest BCUT2D eigenvalue weighted by Crippen LogP contribution is 2.11. The van der Waals surface area contributed by atoms with Crippen molar-refractivity contribution in [2.45, 2.75) is 18.9 Å². The molecule has 0 spiro atoms. The average molecular weight is 276 g/mol. The van der Waals surface area contributed by atoms with Gasteiger partial charge in [-0.25, -0.2) is 8.42 Å². The number of morpholine rings is 1. The van der Waals surface area contributed by atoms with Gasteiger partial charge in [0.15, 0.2) is 9.84 Å². The molecule has 0 bridgehead atoms. The van der Waals surface area contributed by atoms with Crippen LogP contribution in [0, 0.1) is 0 Å². The Labute approximate surface area is 108 Å². The van der Waals surface area contributed by atoms with Gasteiger partial charge < -0.3 is 15.0 Å². The molecule has 0 radical (unpaired) electrons. The van der Waals surface area contributed by atoms with Crippen LogP contribution in [0.25, 0.3) is 0 Å². The Kier molecular flexibility index (Phi) is 4.58. The van der Waals surface area contributed by atoms with E-state index in [1.165, 1.54) is 0 Å². The summed E-state index contributed by atoms with van der Waals surface area (Å²) in [6.45, 7) is 3.10. The molecule has 0 aromatic carbocycles. The lowest BCUT2D eigenvalue weighted by atomic mass is 10.2. The minimum Gasteiger partial charge on any atom is -0.378 e. The van der Waals surface area contributed by atoms with E-state index < -0.39 is 9.84 Å². The first-order valence-electron chi connectivity index (χ1n) is 6.36. The third-order valence-electron chi connectivity index (χ3n) is 3.37. The Bertz CT molecular complexity index is 390. The van der Waals surface area contributed by atoms with E-state index in [1.54, 1.807) is 4.90 Å². The van der Waals surface area contributed by atoms with Gasteiger partial charge in [-0.3, -0.25) is 4.79 Å². The molecular formula is C11H20N2O4S. The molecule has 2 saturated heterocycles. The summed E-state index contributed by atoms with van der Waals surface area (Å²) in [5, 5.41) is 3.15. The number of hydrogen-bond donors (Lipinski definition) is 1. The van der Waals surface area contributed by atoms with E-state index in [1.807, 2.05) is 0 Å². The van der Waals surface area contributed by atoms with Gasteiger partial charge in [-0.2, -0.15) is 0 Å². The van der Waals surface area contributed by atoms with Crippen molar-refractivity contribution in [1.82, 2.24) is 10.2 Å². The number of carbonyl (C=O) groups is 1. The molecule has 6 nitrogen and oxygen atoms in total. The maximum atomic E-state index is 11.8. The standard InChI is InChI=1S/C11H20N2O4S/c14-11(13-4-6-17-7-5-13)1-3-12-10-2-8-18(15,16)9-10/h10,12H,1-9H2. The van der Waals surface area contributed by atoms with E-state index >= 15 is 0 Å². The molecule has 0 saturated carbocycles. The first kappa shape index (κ1) is 13.8. The molecule has 7 heteroatoms. The van der Waals surface area contributed by atoms with Crippen molar-refractivity contribution in [3.8, 4) is 0 Å². The van der Waals surface area contributed by atoms with Crippen LogP contribution in [0.15, 0.2) is 0 Å². The van der Waals surface area contributed by atoms with Gasteiger partial charge in [0.05, 0.1) is 24.7 Å². The second kappa shape index (κ2) is 5.99. The van der Waals surface area contributed by atoms with Crippen LogP contribution in [0.5, 0.6) is 0 Å². The van der Waals surface area contributed by atoms with Crippen molar-refractivity contribution in [3.63, 3.8) is 0 Å². The summed E-state index contributed by atoms with van der Waals surface area (Å²) in [4.78, 5) is 13.6. The van der Waals surface area contributed by atoms with Crippen LogP contribution < -0.4 is 5.32 Å². The van der Waals surface area contributed by atoms with Gasteiger partial charge in [-0.05, 0) is 6.42 Å². The van der Waals surface area contributed by atoms with Crippen LogP contribution in [-0.2, 0) is 19.4 Å². The molecule has 2 rings (SSSR count). The molecule has 0 aliphatic carbocycles. The number of carbonyl (C=O) groups excluding carboxylic acids is 1. The van der Waals surface area contributed by atoms with Crippen LogP contribution in [-0.4, -0.2) is 69.6 Å². The maximum absolute atomic E-state index is 11.8. The zero-order valence-electron chi connectivity index (χ0n) is 10.4. The van der Waals surface area contributed by atoms with E-state index in [2.05, 4.69) is 5.32 Å². The zero-order valence-corrected chi connectivity index (χ0v) is 11.2. The number of rotatable bonds is 4. The Morgan fingerprint density at radius 1 is 1.33 bits per heavy atom. The zero-order chi connectivity index (χ0) is 13.0. The lowest BCUT2D eigenvalue weighted by molar-refractivity contribution is -0.135. The minimum absolute atomic E-state index is 0.0208. The van der Waals surface area contributed by atoms with Crippen molar-refractivity contribution in [2.24, 2.45) is 0 Å². The number of sulfone groups is 1. The van der Waals surface area contributed by atoms with Crippen LogP contribution >= 0.6 is 0 Å². The SMILES string of the molecule is O=C(CCNC1CCS(=O)(=O)C1)N1CCOCC1. The fourth-order valence-corrected chi connectivity index (χ4v) is 4.02. The third-order valence-corrected chi connectivity index (χ3v) is 5.14. The minimum atomic E-state index is -2.84. The summed E-state index contributed by atoms with van der Waals surface area (Å²) in [6, 6.07) is 0.0208. The molecule has 2 aliphatic rings. The predicted molar refractivity (Wildman–Crippen MR) is 67.1 cm³/mol. The van der Waals surface area contributed by atoms with Crippen LogP contribution in [0.1, 0.15) is 12.8 Å². The quantitative estimate of drug-likeness (QED) is 0.714. The van der Waals surface area contributed by atoms with Gasteiger partial charge in [0.1, 0.15) is 0 Å². The smallest absolute Gasteiger partial charge is 0.224 e.